The molecule has 1 atom stereocenters. The van der Waals surface area contributed by atoms with Gasteiger partial charge in [0.15, 0.2) is 0 Å². The Morgan fingerprint density at radius 2 is 2.20 bits per heavy atom. The zero-order valence-electron chi connectivity index (χ0n) is 8.61. The molecule has 0 radical (unpaired) electrons. The highest BCUT2D eigenvalue weighted by Crippen LogP contribution is 2.28. The van der Waals surface area contributed by atoms with Crippen molar-refractivity contribution in [3.05, 3.63) is 0 Å². The molecule has 2 aliphatic rings. The van der Waals surface area contributed by atoms with Crippen molar-refractivity contribution in [3.63, 3.8) is 0 Å². The molecule has 2 fully saturated rings. The van der Waals surface area contributed by atoms with Crippen LogP contribution in [0.3, 0.4) is 0 Å². The minimum Gasteiger partial charge on any atom is -0.378 e. The van der Waals surface area contributed by atoms with Crippen molar-refractivity contribution in [3.8, 4) is 0 Å². The van der Waals surface area contributed by atoms with Gasteiger partial charge in [-0.3, -0.25) is 4.79 Å². The topological polar surface area (TPSA) is 29.5 Å². The highest BCUT2D eigenvalue weighted by Gasteiger charge is 2.27. The Bertz CT molecular complexity index is 264. The summed E-state index contributed by atoms with van der Waals surface area (Å²) in [5, 5.41) is 0.125. The van der Waals surface area contributed by atoms with E-state index in [-0.39, 0.29) is 5.25 Å². The van der Waals surface area contributed by atoms with Gasteiger partial charge in [0, 0.05) is 19.5 Å². The molecule has 0 bridgehead atoms. The molecule has 84 valence electrons. The monoisotopic (exact) mass is 245 g/mol. The van der Waals surface area contributed by atoms with Crippen molar-refractivity contribution in [1.82, 2.24) is 4.90 Å². The molecule has 15 heavy (non-hydrogen) atoms. The van der Waals surface area contributed by atoms with Gasteiger partial charge in [-0.15, -0.1) is 0 Å². The molecule has 0 amide bonds. The van der Waals surface area contributed by atoms with Crippen LogP contribution in [-0.2, 0) is 9.53 Å². The highest BCUT2D eigenvalue weighted by atomic mass is 32.2. The number of hydrogen-bond donors (Lipinski definition) is 0. The number of morpholine rings is 1. The molecule has 1 unspecified atom stereocenters. The Morgan fingerprint density at radius 1 is 1.47 bits per heavy atom. The number of ketones is 1. The molecule has 1 saturated heterocycles. The highest BCUT2D eigenvalue weighted by molar-refractivity contribution is 8.23. The average molecular weight is 245 g/mol. The molecule has 0 aromatic heterocycles. The summed E-state index contributed by atoms with van der Waals surface area (Å²) in [7, 11) is 0. The van der Waals surface area contributed by atoms with Crippen molar-refractivity contribution < 1.29 is 9.53 Å². The number of ether oxygens (including phenoxy) is 1. The van der Waals surface area contributed by atoms with Gasteiger partial charge in [-0.25, -0.2) is 0 Å². The summed E-state index contributed by atoms with van der Waals surface area (Å²) in [6.07, 6.45) is 2.76. The third kappa shape index (κ3) is 2.92. The fraction of sp³-hybridized carbons (Fsp3) is 0.800. The van der Waals surface area contributed by atoms with Gasteiger partial charge in [0.1, 0.15) is 10.1 Å². The van der Waals surface area contributed by atoms with Crippen molar-refractivity contribution in [2.24, 2.45) is 0 Å². The molecule has 1 aliphatic carbocycles. The SMILES string of the molecule is O=C1CCCC1SC(=S)N1CCOCC1. The normalized spacial score (nSPS) is 27.1. The predicted molar refractivity (Wildman–Crippen MR) is 65.2 cm³/mol. The van der Waals surface area contributed by atoms with Gasteiger partial charge in [-0.2, -0.15) is 0 Å². The second-order valence-corrected chi connectivity index (χ2v) is 5.67. The lowest BCUT2D eigenvalue weighted by atomic mass is 10.3. The summed E-state index contributed by atoms with van der Waals surface area (Å²) in [5.74, 6) is 0.371. The molecule has 1 heterocycles. The summed E-state index contributed by atoms with van der Waals surface area (Å²) in [5.41, 5.74) is 0. The van der Waals surface area contributed by atoms with Crippen LogP contribution in [0.15, 0.2) is 0 Å². The molecule has 2 rings (SSSR count). The molecule has 1 aliphatic heterocycles. The fourth-order valence-electron chi connectivity index (χ4n) is 1.85. The number of carbonyl (C=O) groups is 1. The van der Waals surface area contributed by atoms with Crippen LogP contribution in [0, 0.1) is 0 Å². The summed E-state index contributed by atoms with van der Waals surface area (Å²) >= 11 is 6.92. The first-order chi connectivity index (χ1) is 7.27. The van der Waals surface area contributed by atoms with E-state index in [0.29, 0.717) is 5.78 Å². The lowest BCUT2D eigenvalue weighted by molar-refractivity contribution is -0.116. The third-order valence-electron chi connectivity index (χ3n) is 2.76. The van der Waals surface area contributed by atoms with E-state index in [4.69, 9.17) is 17.0 Å². The van der Waals surface area contributed by atoms with Crippen LogP contribution < -0.4 is 0 Å². The van der Waals surface area contributed by atoms with Crippen LogP contribution in [-0.4, -0.2) is 46.6 Å². The number of hydrogen-bond acceptors (Lipinski definition) is 4. The Balaban J connectivity index is 1.82. The maximum absolute atomic E-state index is 11.5. The predicted octanol–water partition coefficient (Wildman–Crippen LogP) is 1.46. The number of thioether (sulfide) groups is 1. The summed E-state index contributed by atoms with van der Waals surface area (Å²) in [4.78, 5) is 13.6. The van der Waals surface area contributed by atoms with Gasteiger partial charge in [0.2, 0.25) is 0 Å². The van der Waals surface area contributed by atoms with E-state index >= 15 is 0 Å². The third-order valence-corrected chi connectivity index (χ3v) is 4.55. The van der Waals surface area contributed by atoms with Crippen LogP contribution in [0.1, 0.15) is 19.3 Å². The molecule has 0 aromatic rings. The van der Waals surface area contributed by atoms with Crippen LogP contribution in [0.5, 0.6) is 0 Å². The van der Waals surface area contributed by atoms with E-state index in [1.54, 1.807) is 11.8 Å². The zero-order valence-corrected chi connectivity index (χ0v) is 10.2. The van der Waals surface area contributed by atoms with Gasteiger partial charge in [-0.1, -0.05) is 24.0 Å². The van der Waals surface area contributed by atoms with Crippen LogP contribution in [0.4, 0.5) is 0 Å². The van der Waals surface area contributed by atoms with E-state index in [9.17, 15) is 4.79 Å². The Labute approximate surface area is 99.5 Å². The van der Waals surface area contributed by atoms with Crippen molar-refractivity contribution in [2.45, 2.75) is 24.5 Å². The maximum Gasteiger partial charge on any atom is 0.146 e. The first-order valence-electron chi connectivity index (χ1n) is 5.33. The lowest BCUT2D eigenvalue weighted by Crippen LogP contribution is -2.39. The van der Waals surface area contributed by atoms with E-state index < -0.39 is 0 Å². The van der Waals surface area contributed by atoms with E-state index in [1.807, 2.05) is 0 Å². The molecule has 0 spiro atoms. The smallest absolute Gasteiger partial charge is 0.146 e. The standard InChI is InChI=1S/C10H15NO2S2/c12-8-2-1-3-9(8)15-10(14)11-4-6-13-7-5-11/h9H,1-7H2. The summed E-state index contributed by atoms with van der Waals surface area (Å²) in [6, 6.07) is 0. The minimum atomic E-state index is 0.125. The molecule has 0 N–H and O–H groups in total. The maximum atomic E-state index is 11.5. The number of nitrogens with zero attached hydrogens (tertiary/aromatic N) is 1. The lowest BCUT2D eigenvalue weighted by Gasteiger charge is -2.29. The number of rotatable bonds is 1. The van der Waals surface area contributed by atoms with Crippen LogP contribution >= 0.6 is 24.0 Å². The molecule has 0 aromatic carbocycles. The largest absolute Gasteiger partial charge is 0.378 e. The molecule has 3 nitrogen and oxygen atoms in total. The van der Waals surface area contributed by atoms with Gasteiger partial charge >= 0.3 is 0 Å². The second kappa shape index (κ2) is 5.27. The van der Waals surface area contributed by atoms with E-state index in [2.05, 4.69) is 4.90 Å². The summed E-state index contributed by atoms with van der Waals surface area (Å²) in [6.45, 7) is 3.23. The Morgan fingerprint density at radius 3 is 2.80 bits per heavy atom. The Kier molecular flexibility index (Phi) is 3.99. The Hall–Kier alpha value is -0.130. The van der Waals surface area contributed by atoms with Crippen LogP contribution in [0.2, 0.25) is 0 Å². The average Bonchev–Trinajstić information content (AvgIpc) is 2.66. The van der Waals surface area contributed by atoms with Crippen molar-refractivity contribution in [1.29, 1.82) is 0 Å². The molecule has 1 saturated carbocycles. The molecule has 5 heteroatoms. The van der Waals surface area contributed by atoms with Gasteiger partial charge in [0.05, 0.1) is 18.5 Å². The quantitative estimate of drug-likeness (QED) is 0.653. The van der Waals surface area contributed by atoms with Gasteiger partial charge < -0.3 is 9.64 Å². The molecular formula is C10H15NO2S2. The number of thiocarbonyl (C=S) groups is 1. The zero-order chi connectivity index (χ0) is 10.7. The van der Waals surface area contributed by atoms with Crippen LogP contribution in [0.25, 0.3) is 0 Å². The first kappa shape index (κ1) is 11.4. The van der Waals surface area contributed by atoms with Gasteiger partial charge in [-0.05, 0) is 12.8 Å². The number of carbonyl (C=O) groups excluding carboxylic acids is 1. The van der Waals surface area contributed by atoms with Crippen molar-refractivity contribution in [2.75, 3.05) is 26.3 Å². The van der Waals surface area contributed by atoms with Crippen molar-refractivity contribution >= 4 is 34.1 Å². The minimum absolute atomic E-state index is 0.125. The molecular weight excluding hydrogens is 230 g/mol. The second-order valence-electron chi connectivity index (χ2n) is 3.83. The fourth-order valence-corrected chi connectivity index (χ4v) is 3.49. The van der Waals surface area contributed by atoms with E-state index in [0.717, 1.165) is 49.9 Å². The van der Waals surface area contributed by atoms with Gasteiger partial charge in [0.25, 0.3) is 0 Å². The van der Waals surface area contributed by atoms with E-state index in [1.165, 1.54) is 0 Å². The first-order valence-corrected chi connectivity index (χ1v) is 6.62. The number of Topliss-reactive ketones (excluding diaryl/α,β-unsaturated/α-hetero) is 1. The summed E-state index contributed by atoms with van der Waals surface area (Å²) < 4.78 is 6.14.